The van der Waals surface area contributed by atoms with E-state index in [0.29, 0.717) is 10.1 Å². The molecule has 0 bridgehead atoms. The number of rotatable bonds is 4. The van der Waals surface area contributed by atoms with Gasteiger partial charge in [0.25, 0.3) is 5.91 Å². The van der Waals surface area contributed by atoms with Gasteiger partial charge in [0.2, 0.25) is 0 Å². The number of nitrogens with zero attached hydrogens (tertiary/aromatic N) is 3. The fourth-order valence-corrected chi connectivity index (χ4v) is 5.05. The number of amidine groups is 1. The van der Waals surface area contributed by atoms with Gasteiger partial charge in [-0.15, -0.1) is 0 Å². The lowest BCUT2D eigenvalue weighted by Gasteiger charge is -2.15. The Morgan fingerprint density at radius 2 is 1.53 bits per heavy atom. The van der Waals surface area contributed by atoms with E-state index >= 15 is 0 Å². The molecule has 4 nitrogen and oxygen atoms in total. The van der Waals surface area contributed by atoms with Gasteiger partial charge in [0.1, 0.15) is 5.82 Å². The van der Waals surface area contributed by atoms with Crippen LogP contribution in [0.15, 0.2) is 101 Å². The molecule has 0 atom stereocenters. The number of halogens is 1. The molecule has 1 amide bonds. The number of benzene rings is 3. The summed E-state index contributed by atoms with van der Waals surface area (Å²) in [5.41, 5.74) is 5.11. The van der Waals surface area contributed by atoms with Crippen LogP contribution in [-0.4, -0.2) is 15.6 Å². The monoisotopic (exact) mass is 467 g/mol. The molecule has 0 saturated carbocycles. The number of aliphatic imine (C=N–C) groups is 1. The van der Waals surface area contributed by atoms with E-state index in [4.69, 9.17) is 4.99 Å². The van der Waals surface area contributed by atoms with Crippen molar-refractivity contribution in [2.24, 2.45) is 4.99 Å². The minimum atomic E-state index is -0.285. The molecule has 34 heavy (non-hydrogen) atoms. The molecule has 4 aromatic rings. The summed E-state index contributed by atoms with van der Waals surface area (Å²) in [6.07, 6.45) is 1.90. The molecule has 1 saturated heterocycles. The van der Waals surface area contributed by atoms with E-state index in [-0.39, 0.29) is 11.7 Å². The minimum absolute atomic E-state index is 0.124. The first-order valence-electron chi connectivity index (χ1n) is 10.9. The van der Waals surface area contributed by atoms with Crippen molar-refractivity contribution in [1.82, 2.24) is 4.57 Å². The van der Waals surface area contributed by atoms with E-state index in [1.807, 2.05) is 97.3 Å². The van der Waals surface area contributed by atoms with Crippen molar-refractivity contribution in [2.45, 2.75) is 13.8 Å². The summed E-state index contributed by atoms with van der Waals surface area (Å²) in [6.45, 7) is 3.95. The molecule has 1 aromatic heterocycles. The number of aromatic nitrogens is 1. The molecular formula is C28H22FN3OS. The van der Waals surface area contributed by atoms with Crippen LogP contribution in [0.1, 0.15) is 17.0 Å². The van der Waals surface area contributed by atoms with Gasteiger partial charge in [-0.25, -0.2) is 9.38 Å². The van der Waals surface area contributed by atoms with Crippen molar-refractivity contribution in [3.8, 4) is 5.69 Å². The van der Waals surface area contributed by atoms with E-state index < -0.39 is 0 Å². The molecule has 1 fully saturated rings. The molecule has 0 unspecified atom stereocenters. The van der Waals surface area contributed by atoms with E-state index in [1.54, 1.807) is 11.0 Å². The number of thioether (sulfide) groups is 1. The third-order valence-corrected chi connectivity index (χ3v) is 6.59. The van der Waals surface area contributed by atoms with Crippen LogP contribution in [0.4, 0.5) is 15.8 Å². The number of anilines is 1. The van der Waals surface area contributed by atoms with Crippen molar-refractivity contribution in [1.29, 1.82) is 0 Å². The standard InChI is InChI=1S/C28H22FN3OS/c1-19-16-21(20(2)31(19)25-15-9-10-22(29)18-25)17-26-27(33)32(24-13-7-4-8-14-24)28(34-26)30-23-11-5-3-6-12-23/h3-18H,1-2H3/b26-17-,30-28?. The highest BCUT2D eigenvalue weighted by Gasteiger charge is 2.35. The summed E-state index contributed by atoms with van der Waals surface area (Å²) in [5, 5.41) is 0.604. The molecule has 1 aliphatic heterocycles. The fourth-order valence-electron chi connectivity index (χ4n) is 4.05. The maximum absolute atomic E-state index is 13.8. The second-order valence-corrected chi connectivity index (χ2v) is 8.97. The van der Waals surface area contributed by atoms with Crippen LogP contribution in [0.25, 0.3) is 11.8 Å². The molecule has 0 spiro atoms. The van der Waals surface area contributed by atoms with Crippen molar-refractivity contribution in [3.05, 3.63) is 119 Å². The van der Waals surface area contributed by atoms with Crippen LogP contribution < -0.4 is 4.90 Å². The van der Waals surface area contributed by atoms with Crippen LogP contribution in [0.2, 0.25) is 0 Å². The fraction of sp³-hybridized carbons (Fsp3) is 0.0714. The molecule has 0 N–H and O–H groups in total. The number of hydrogen-bond acceptors (Lipinski definition) is 3. The molecule has 168 valence electrons. The minimum Gasteiger partial charge on any atom is -0.318 e. The van der Waals surface area contributed by atoms with E-state index in [1.165, 1.54) is 23.9 Å². The number of carbonyl (C=O) groups is 1. The Balaban J connectivity index is 1.57. The van der Waals surface area contributed by atoms with Crippen LogP contribution in [0.3, 0.4) is 0 Å². The van der Waals surface area contributed by atoms with E-state index in [2.05, 4.69) is 0 Å². The highest BCUT2D eigenvalue weighted by Crippen LogP contribution is 2.38. The molecule has 1 aliphatic rings. The molecule has 6 heteroatoms. The normalized spacial score (nSPS) is 16.1. The first-order chi connectivity index (χ1) is 16.5. The van der Waals surface area contributed by atoms with Gasteiger partial charge < -0.3 is 4.57 Å². The molecular weight excluding hydrogens is 445 g/mol. The van der Waals surface area contributed by atoms with E-state index in [9.17, 15) is 9.18 Å². The maximum atomic E-state index is 13.8. The predicted molar refractivity (Wildman–Crippen MR) is 138 cm³/mol. The van der Waals surface area contributed by atoms with Gasteiger partial charge in [-0.05, 0) is 85.8 Å². The van der Waals surface area contributed by atoms with Crippen molar-refractivity contribution >= 4 is 40.3 Å². The lowest BCUT2D eigenvalue weighted by atomic mass is 10.2. The Kier molecular flexibility index (Phi) is 5.90. The van der Waals surface area contributed by atoms with Gasteiger partial charge in [0, 0.05) is 17.1 Å². The highest BCUT2D eigenvalue weighted by molar-refractivity contribution is 8.19. The Morgan fingerprint density at radius 1 is 0.853 bits per heavy atom. The third kappa shape index (κ3) is 4.20. The van der Waals surface area contributed by atoms with Gasteiger partial charge in [-0.2, -0.15) is 0 Å². The van der Waals surface area contributed by atoms with Gasteiger partial charge >= 0.3 is 0 Å². The third-order valence-electron chi connectivity index (χ3n) is 5.63. The molecule has 5 rings (SSSR count). The van der Waals surface area contributed by atoms with Crippen LogP contribution in [0.5, 0.6) is 0 Å². The number of aryl methyl sites for hydroxylation is 1. The number of carbonyl (C=O) groups excluding carboxylic acids is 1. The van der Waals surface area contributed by atoms with Crippen LogP contribution in [0, 0.1) is 19.7 Å². The zero-order valence-electron chi connectivity index (χ0n) is 18.8. The van der Waals surface area contributed by atoms with Gasteiger partial charge in [0.15, 0.2) is 5.17 Å². The topological polar surface area (TPSA) is 37.6 Å². The van der Waals surface area contributed by atoms with Gasteiger partial charge in [-0.3, -0.25) is 9.69 Å². The number of amides is 1. The van der Waals surface area contributed by atoms with Crippen molar-refractivity contribution in [2.75, 3.05) is 4.90 Å². The summed E-state index contributed by atoms with van der Waals surface area (Å²) in [4.78, 5) is 20.5. The quantitative estimate of drug-likeness (QED) is 0.302. The average molecular weight is 468 g/mol. The summed E-state index contributed by atoms with van der Waals surface area (Å²) in [5.74, 6) is -0.409. The highest BCUT2D eigenvalue weighted by atomic mass is 32.2. The zero-order chi connectivity index (χ0) is 23.7. The summed E-state index contributed by atoms with van der Waals surface area (Å²) >= 11 is 1.35. The summed E-state index contributed by atoms with van der Waals surface area (Å²) in [7, 11) is 0. The second kappa shape index (κ2) is 9.15. The van der Waals surface area contributed by atoms with Crippen LogP contribution in [-0.2, 0) is 4.79 Å². The Morgan fingerprint density at radius 3 is 2.24 bits per heavy atom. The second-order valence-electron chi connectivity index (χ2n) is 7.96. The molecule has 3 aromatic carbocycles. The van der Waals surface area contributed by atoms with Gasteiger partial charge in [-0.1, -0.05) is 42.5 Å². The van der Waals surface area contributed by atoms with Gasteiger partial charge in [0.05, 0.1) is 16.3 Å². The number of hydrogen-bond donors (Lipinski definition) is 0. The lowest BCUT2D eigenvalue weighted by molar-refractivity contribution is -0.113. The van der Waals surface area contributed by atoms with Crippen molar-refractivity contribution in [3.63, 3.8) is 0 Å². The van der Waals surface area contributed by atoms with E-state index in [0.717, 1.165) is 34.0 Å². The Bertz CT molecular complexity index is 1420. The van der Waals surface area contributed by atoms with Crippen LogP contribution >= 0.6 is 11.8 Å². The molecule has 2 heterocycles. The first kappa shape index (κ1) is 21.9. The number of para-hydroxylation sites is 2. The van der Waals surface area contributed by atoms with Crippen molar-refractivity contribution < 1.29 is 9.18 Å². The summed E-state index contributed by atoms with van der Waals surface area (Å²) in [6, 6.07) is 27.7. The average Bonchev–Trinajstić information content (AvgIpc) is 3.29. The largest absolute Gasteiger partial charge is 0.318 e. The molecule has 0 radical (unpaired) electrons. The molecule has 0 aliphatic carbocycles. The predicted octanol–water partition coefficient (Wildman–Crippen LogP) is 7.04. The SMILES string of the molecule is Cc1cc(/C=C2\SC(=Nc3ccccc3)N(c3ccccc3)C2=O)c(C)n1-c1cccc(F)c1. The Hall–Kier alpha value is -3.90. The lowest BCUT2D eigenvalue weighted by Crippen LogP contribution is -2.28. The summed E-state index contributed by atoms with van der Waals surface area (Å²) < 4.78 is 15.8. The Labute approximate surface area is 202 Å². The first-order valence-corrected chi connectivity index (χ1v) is 11.7. The smallest absolute Gasteiger partial charge is 0.271 e. The maximum Gasteiger partial charge on any atom is 0.271 e. The zero-order valence-corrected chi connectivity index (χ0v) is 19.6.